The van der Waals surface area contributed by atoms with Crippen LogP contribution in [0.1, 0.15) is 80.0 Å². The zero-order valence-electron chi connectivity index (χ0n) is 38.0. The smallest absolute Gasteiger partial charge is 0.512 e. The molecule has 6 unspecified atom stereocenters. The molecule has 2 aromatic carbocycles. The van der Waals surface area contributed by atoms with Crippen LogP contribution in [0.25, 0.3) is 0 Å². The number of hydrogen-bond acceptors (Lipinski definition) is 14. The number of carbonyl (C=O) groups is 1. The van der Waals surface area contributed by atoms with Gasteiger partial charge in [0.15, 0.2) is 23.0 Å². The van der Waals surface area contributed by atoms with E-state index >= 15 is 0 Å². The monoisotopic (exact) mass is 890 g/mol. The molecule has 3 radical (unpaired) electrons. The minimum absolute atomic E-state index is 0. The molecule has 64 heavy (non-hydrogen) atoms. The molecule has 10 atom stereocenters. The predicted molar refractivity (Wildman–Crippen MR) is 239 cm³/mol. The van der Waals surface area contributed by atoms with Gasteiger partial charge in [-0.05, 0) is 107 Å². The summed E-state index contributed by atoms with van der Waals surface area (Å²) < 4.78 is 22.4. The van der Waals surface area contributed by atoms with E-state index in [-0.39, 0.29) is 85.8 Å². The number of phenols is 2. The minimum Gasteiger partial charge on any atom is -0.512 e. The molecule has 4 fully saturated rings. The fraction of sp³-hybridized carbons (Fsp3) is 0.625. The van der Waals surface area contributed by atoms with Crippen LogP contribution >= 0.6 is 0 Å². The van der Waals surface area contributed by atoms with E-state index in [2.05, 4.69) is 33.0 Å². The number of carbonyl (C=O) groups excluding carboxylic acids is 1. The quantitative estimate of drug-likeness (QED) is 0.0521. The molecule has 4 aliphatic heterocycles. The molecule has 2 saturated carbocycles. The molecular weight excluding hydrogens is 824 g/mol. The van der Waals surface area contributed by atoms with E-state index in [1.54, 1.807) is 26.4 Å². The molecule has 2 spiro atoms. The molecule has 10 rings (SSSR count). The summed E-state index contributed by atoms with van der Waals surface area (Å²) in [6.45, 7) is 18.2. The van der Waals surface area contributed by atoms with E-state index in [9.17, 15) is 25.2 Å². The molecule has 341 valence electrons. The second kappa shape index (κ2) is 21.3. The van der Waals surface area contributed by atoms with Crippen LogP contribution < -0.4 is 50.1 Å². The Morgan fingerprint density at radius 2 is 1.33 bits per heavy atom. The molecule has 2 aromatic rings. The number of piperidine rings is 2. The summed E-state index contributed by atoms with van der Waals surface area (Å²) in [7, 11) is 3.31. The first kappa shape index (κ1) is 52.0. The van der Waals surface area contributed by atoms with E-state index in [0.29, 0.717) is 30.9 Å². The number of rotatable bonds is 13. The fourth-order valence-corrected chi connectivity index (χ4v) is 13.1. The van der Waals surface area contributed by atoms with Crippen molar-refractivity contribution in [1.82, 2.24) is 15.1 Å². The van der Waals surface area contributed by atoms with Crippen LogP contribution in [0.2, 0.25) is 0 Å². The first-order chi connectivity index (χ1) is 30.0. The molecule has 0 aromatic heterocycles. The third-order valence-electron chi connectivity index (χ3n) is 15.5. The number of aldehydes is 1. The number of benzene rings is 2. The van der Waals surface area contributed by atoms with Gasteiger partial charge in [0.2, 0.25) is 0 Å². The Hall–Kier alpha value is -2.98. The number of methoxy groups -OCH3 is 2. The summed E-state index contributed by atoms with van der Waals surface area (Å²) in [5, 5.41) is 55.1. The molecular formula is C48H66BN5NaO9. The van der Waals surface area contributed by atoms with Crippen molar-refractivity contribution >= 4 is 14.7 Å². The Kier molecular flexibility index (Phi) is 17.3. The van der Waals surface area contributed by atoms with Crippen molar-refractivity contribution in [3.63, 3.8) is 0 Å². The Bertz CT molecular complexity index is 2000. The van der Waals surface area contributed by atoms with Crippen molar-refractivity contribution in [2.24, 2.45) is 5.73 Å². The maximum absolute atomic E-state index is 12.3. The van der Waals surface area contributed by atoms with Gasteiger partial charge in [0.25, 0.3) is 0 Å². The van der Waals surface area contributed by atoms with Gasteiger partial charge in [-0.2, -0.15) is 0 Å². The van der Waals surface area contributed by atoms with E-state index in [1.807, 2.05) is 24.3 Å². The summed E-state index contributed by atoms with van der Waals surface area (Å²) in [4.78, 5) is 14.2. The Morgan fingerprint density at radius 3 is 1.81 bits per heavy atom. The number of nitrogens with zero attached hydrogens (tertiary/aromatic N) is 3. The van der Waals surface area contributed by atoms with Crippen molar-refractivity contribution in [3.8, 4) is 23.0 Å². The summed E-state index contributed by atoms with van der Waals surface area (Å²) in [6, 6.07) is 7.65. The van der Waals surface area contributed by atoms with Gasteiger partial charge in [0.1, 0.15) is 18.5 Å². The molecule has 7 N–H and O–H groups in total. The molecule has 4 aliphatic carbocycles. The summed E-state index contributed by atoms with van der Waals surface area (Å²) in [6.07, 6.45) is 13.1. The summed E-state index contributed by atoms with van der Waals surface area (Å²) in [5.41, 5.74) is 8.27. The minimum atomic E-state index is -0.860. The number of ether oxygens (including phenoxy) is 4. The van der Waals surface area contributed by atoms with Crippen molar-refractivity contribution in [1.29, 1.82) is 5.26 Å². The van der Waals surface area contributed by atoms with Crippen LogP contribution in [-0.4, -0.2) is 153 Å². The van der Waals surface area contributed by atoms with Gasteiger partial charge < -0.3 is 67.1 Å². The van der Waals surface area contributed by atoms with Crippen LogP contribution in [0, 0.1) is 11.8 Å². The average molecular weight is 891 g/mol. The van der Waals surface area contributed by atoms with E-state index < -0.39 is 22.0 Å². The molecule has 0 amide bonds. The first-order valence-corrected chi connectivity index (χ1v) is 22.3. The van der Waals surface area contributed by atoms with Gasteiger partial charge in [0, 0.05) is 84.0 Å². The van der Waals surface area contributed by atoms with Crippen LogP contribution in [0.15, 0.2) is 49.6 Å². The van der Waals surface area contributed by atoms with Gasteiger partial charge in [-0.3, -0.25) is 9.80 Å². The third-order valence-corrected chi connectivity index (χ3v) is 15.5. The van der Waals surface area contributed by atoms with Gasteiger partial charge in [-0.1, -0.05) is 24.3 Å². The van der Waals surface area contributed by atoms with Gasteiger partial charge >= 0.3 is 29.6 Å². The topological polar surface area (TPSA) is 203 Å². The standard InChI is InChI=1S/C24H34N2O4.C19H24N2O3.C4H8O2.CN.B.Na/c1-3-12-26-13-10-23-20-16-6-7-18(27)21(20)30-22(23)17(25-11-4-5-14-29-2)8-9-24(23,28)19(26)15-16;1-2-8-21-9-7-18-15-11-3-4-13(22)16(15)24-17(18)12(20)5-6-19(18,23)14(21)10-11;1-6-4-2-3-5;1-2;;/h3,6-7,17,19,22,25,27-28H,1,4-5,8-15H2,2H3;2-4,12,14,17,22-23H,1,5-10,20H2;3H,2,4H2,1H3;;;/q;;;-1;;+1/t17?,19?,22-,23+,24?;12?,14?,17-,18+,19?;;;;/m11..../s1. The first-order valence-electron chi connectivity index (χ1n) is 22.3. The number of phenolic OH excluding ortho intramolecular Hbond substituents is 2. The van der Waals surface area contributed by atoms with Crippen LogP contribution in [-0.2, 0) is 37.9 Å². The Labute approximate surface area is 403 Å². The van der Waals surface area contributed by atoms with E-state index in [4.69, 9.17) is 31.8 Å². The maximum atomic E-state index is 12.3. The van der Waals surface area contributed by atoms with Crippen molar-refractivity contribution in [3.05, 3.63) is 78.4 Å². The third kappa shape index (κ3) is 8.06. The zero-order valence-corrected chi connectivity index (χ0v) is 40.0. The number of unbranched alkanes of at least 4 members (excludes halogenated alkanes) is 1. The normalized spacial score (nSPS) is 33.7. The van der Waals surface area contributed by atoms with E-state index in [0.717, 1.165) is 115 Å². The molecule has 2 saturated heterocycles. The second-order valence-corrected chi connectivity index (χ2v) is 18.2. The van der Waals surface area contributed by atoms with E-state index in [1.165, 1.54) is 11.1 Å². The molecule has 14 nitrogen and oxygen atoms in total. The average Bonchev–Trinajstić information content (AvgIpc) is 3.82. The molecule has 4 heterocycles. The van der Waals surface area contributed by atoms with Crippen LogP contribution in [0.4, 0.5) is 0 Å². The number of nitrogens with two attached hydrogens (primary N) is 1. The van der Waals surface area contributed by atoms with Crippen molar-refractivity contribution in [2.75, 3.05) is 60.2 Å². The molecule has 16 heteroatoms. The zero-order chi connectivity index (χ0) is 44.5. The number of likely N-dealkylation sites (tertiary alicyclic amines) is 2. The van der Waals surface area contributed by atoms with Crippen LogP contribution in [0.5, 0.6) is 23.0 Å². The van der Waals surface area contributed by atoms with Crippen molar-refractivity contribution < 1.29 is 73.7 Å². The SMILES string of the molecule is C=CCN1CC[C@]23c4c5ccc(O)c4O[C@@H]2C(N)CCC3(O)C1C5.C=CCN1CC[C@]23c4c5ccc(O)c4O[C@@H]2C(NCCCCOC)CCC3(O)C1C5.COCCC=O.[B].[C-]#N.[Na+]. The Morgan fingerprint density at radius 1 is 0.828 bits per heavy atom. The fourth-order valence-electron chi connectivity index (χ4n) is 13.1. The summed E-state index contributed by atoms with van der Waals surface area (Å²) in [5.74, 6) is 1.54. The largest absolute Gasteiger partial charge is 1.00 e. The van der Waals surface area contributed by atoms with Gasteiger partial charge in [-0.25, -0.2) is 0 Å². The number of aromatic hydroxyl groups is 2. The van der Waals surface area contributed by atoms with Crippen molar-refractivity contribution in [2.45, 2.75) is 129 Å². The number of aliphatic hydroxyl groups is 2. The second-order valence-electron chi connectivity index (χ2n) is 18.2. The predicted octanol–water partition coefficient (Wildman–Crippen LogP) is 0.118. The van der Waals surface area contributed by atoms with Crippen LogP contribution in [0.3, 0.4) is 0 Å². The van der Waals surface area contributed by atoms with Gasteiger partial charge in [-0.15, -0.1) is 13.2 Å². The molecule has 8 aliphatic rings. The maximum Gasteiger partial charge on any atom is 1.00 e. The molecule has 4 bridgehead atoms. The van der Waals surface area contributed by atoms with Gasteiger partial charge in [0.05, 0.1) is 28.6 Å². The number of hydrogen-bond donors (Lipinski definition) is 6. The number of nitrogens with one attached hydrogen (secondary N) is 1. The Balaban J connectivity index is 0.000000204. The summed E-state index contributed by atoms with van der Waals surface area (Å²) >= 11 is 0.